The van der Waals surface area contributed by atoms with Crippen molar-refractivity contribution < 1.29 is 37.0 Å². The molecule has 1 aromatic rings. The predicted octanol–water partition coefficient (Wildman–Crippen LogP) is 1.74. The first kappa shape index (κ1) is 17.4. The lowest BCUT2D eigenvalue weighted by Gasteiger charge is -2.32. The largest absolute Gasteiger partial charge is 0.459 e. The molecule has 1 aromatic heterocycles. The number of methoxy groups -OCH3 is 2. The van der Waals surface area contributed by atoms with Crippen LogP contribution in [0.15, 0.2) is 27.9 Å². The van der Waals surface area contributed by atoms with Crippen LogP contribution in [0, 0.1) is 0 Å². The highest BCUT2D eigenvalue weighted by Gasteiger charge is 2.63. The Morgan fingerprint density at radius 1 is 1.52 bits per heavy atom. The van der Waals surface area contributed by atoms with Crippen LogP contribution < -0.4 is 0 Å². The number of ether oxygens (including phenoxy) is 2. The van der Waals surface area contributed by atoms with Crippen molar-refractivity contribution in [2.45, 2.75) is 31.0 Å². The van der Waals surface area contributed by atoms with Crippen LogP contribution in [0.3, 0.4) is 0 Å². The van der Waals surface area contributed by atoms with Gasteiger partial charge in [0.05, 0.1) is 6.26 Å². The Bertz CT molecular complexity index is 583. The summed E-state index contributed by atoms with van der Waals surface area (Å²) in [5, 5.41) is 13.6. The first-order valence-corrected chi connectivity index (χ1v) is 6.52. The van der Waals surface area contributed by atoms with E-state index in [0.29, 0.717) is 0 Å². The molecule has 1 atom stereocenters. The Hall–Kier alpha value is -1.91. The number of rotatable bonds is 5. The maximum atomic E-state index is 13.3. The van der Waals surface area contributed by atoms with Gasteiger partial charge in [0, 0.05) is 32.8 Å². The van der Waals surface area contributed by atoms with Crippen molar-refractivity contribution in [2.75, 3.05) is 14.2 Å². The maximum absolute atomic E-state index is 13.3. The van der Waals surface area contributed by atoms with E-state index in [1.54, 1.807) is 0 Å². The molecule has 2 heterocycles. The minimum atomic E-state index is -5.10. The van der Waals surface area contributed by atoms with Crippen molar-refractivity contribution in [1.29, 1.82) is 0 Å². The highest BCUT2D eigenvalue weighted by molar-refractivity contribution is 5.96. The van der Waals surface area contributed by atoms with Crippen molar-refractivity contribution in [3.05, 3.63) is 24.2 Å². The predicted molar refractivity (Wildman–Crippen MR) is 70.4 cm³/mol. The number of aliphatic hydroxyl groups is 1. The molecule has 0 aliphatic carbocycles. The number of halogens is 3. The maximum Gasteiger partial charge on any atom is 0.438 e. The minimum absolute atomic E-state index is 0.0104. The number of carbonyl (C=O) groups is 1. The molecule has 1 N–H and O–H groups in total. The van der Waals surface area contributed by atoms with Crippen LogP contribution in [0.1, 0.15) is 23.4 Å². The van der Waals surface area contributed by atoms with Crippen LogP contribution in [0.25, 0.3) is 0 Å². The van der Waals surface area contributed by atoms with E-state index in [9.17, 15) is 23.1 Å². The zero-order valence-electron chi connectivity index (χ0n) is 12.3. The summed E-state index contributed by atoms with van der Waals surface area (Å²) in [6.07, 6.45) is -5.84. The van der Waals surface area contributed by atoms with Gasteiger partial charge in [-0.25, -0.2) is 0 Å². The first-order chi connectivity index (χ1) is 10.7. The van der Waals surface area contributed by atoms with E-state index in [1.165, 1.54) is 26.4 Å². The third kappa shape index (κ3) is 3.23. The molecule has 0 saturated carbocycles. The van der Waals surface area contributed by atoms with Crippen molar-refractivity contribution >= 4 is 11.6 Å². The highest BCUT2D eigenvalue weighted by Crippen LogP contribution is 2.41. The topological polar surface area (TPSA) is 84.5 Å². The summed E-state index contributed by atoms with van der Waals surface area (Å²) >= 11 is 0. The molecule has 0 bridgehead atoms. The van der Waals surface area contributed by atoms with E-state index in [1.807, 2.05) is 0 Å². The van der Waals surface area contributed by atoms with Crippen LogP contribution in [-0.4, -0.2) is 54.1 Å². The van der Waals surface area contributed by atoms with Gasteiger partial charge in [-0.05, 0) is 12.1 Å². The summed E-state index contributed by atoms with van der Waals surface area (Å²) in [5.41, 5.74) is -3.53. The fourth-order valence-electron chi connectivity index (χ4n) is 2.13. The Morgan fingerprint density at radius 3 is 2.65 bits per heavy atom. The van der Waals surface area contributed by atoms with E-state index in [4.69, 9.17) is 13.9 Å². The third-order valence-electron chi connectivity index (χ3n) is 3.35. The van der Waals surface area contributed by atoms with Crippen molar-refractivity contribution in [3.63, 3.8) is 0 Å². The Morgan fingerprint density at radius 2 is 2.17 bits per heavy atom. The van der Waals surface area contributed by atoms with Crippen molar-refractivity contribution in [3.8, 4) is 0 Å². The fraction of sp³-hybridized carbons (Fsp3) is 0.538. The van der Waals surface area contributed by atoms with Gasteiger partial charge in [0.1, 0.15) is 0 Å². The second-order valence-electron chi connectivity index (χ2n) is 4.86. The molecule has 0 saturated heterocycles. The van der Waals surface area contributed by atoms with Crippen LogP contribution in [-0.2, 0) is 9.47 Å². The molecule has 1 aliphatic heterocycles. The molecule has 0 fully saturated rings. The van der Waals surface area contributed by atoms with Crippen LogP contribution >= 0.6 is 0 Å². The van der Waals surface area contributed by atoms with Gasteiger partial charge in [0.2, 0.25) is 0 Å². The molecule has 23 heavy (non-hydrogen) atoms. The van der Waals surface area contributed by atoms with Gasteiger partial charge in [-0.1, -0.05) is 0 Å². The second-order valence-corrected chi connectivity index (χ2v) is 4.86. The Labute approximate surface area is 129 Å². The number of amides is 1. The molecular weight excluding hydrogens is 321 g/mol. The number of nitrogens with zero attached hydrogens (tertiary/aromatic N) is 2. The monoisotopic (exact) mass is 336 g/mol. The molecule has 1 aliphatic rings. The molecule has 7 nitrogen and oxygen atoms in total. The quantitative estimate of drug-likeness (QED) is 0.828. The SMILES string of the molecule is COC(CC1=NN(C(=O)c2ccco2)C(O)(C(F)(F)F)C1)OC. The Balaban J connectivity index is 2.32. The first-order valence-electron chi connectivity index (χ1n) is 6.52. The number of hydrogen-bond acceptors (Lipinski definition) is 6. The molecule has 1 amide bonds. The minimum Gasteiger partial charge on any atom is -0.459 e. The van der Waals surface area contributed by atoms with Gasteiger partial charge < -0.3 is 19.0 Å². The molecule has 0 spiro atoms. The van der Waals surface area contributed by atoms with E-state index in [2.05, 4.69) is 5.10 Å². The molecule has 0 radical (unpaired) electrons. The Kier molecular flexibility index (Phi) is 4.78. The standard InChI is InChI=1S/C13H15F3N2O5/c1-21-10(22-2)6-8-7-12(20,13(14,15)16)18(17-8)11(19)9-4-3-5-23-9/h3-5,10,20H,6-7H2,1-2H3. The molecule has 1 unspecified atom stereocenters. The van der Waals surface area contributed by atoms with E-state index >= 15 is 0 Å². The normalized spacial score (nSPS) is 21.9. The van der Waals surface area contributed by atoms with Crippen LogP contribution in [0.2, 0.25) is 0 Å². The van der Waals surface area contributed by atoms with Gasteiger partial charge in [0.15, 0.2) is 12.1 Å². The average molecular weight is 336 g/mol. The van der Waals surface area contributed by atoms with E-state index in [-0.39, 0.29) is 22.9 Å². The number of hydrazone groups is 1. The fourth-order valence-corrected chi connectivity index (χ4v) is 2.13. The summed E-state index contributed by atoms with van der Waals surface area (Å²) < 4.78 is 54.4. The summed E-state index contributed by atoms with van der Waals surface area (Å²) in [4.78, 5) is 12.1. The number of carbonyl (C=O) groups excluding carboxylic acids is 1. The van der Waals surface area contributed by atoms with Gasteiger partial charge >= 0.3 is 12.1 Å². The van der Waals surface area contributed by atoms with E-state index < -0.39 is 30.5 Å². The third-order valence-corrected chi connectivity index (χ3v) is 3.35. The summed E-state index contributed by atoms with van der Waals surface area (Å²) in [6.45, 7) is 0. The van der Waals surface area contributed by atoms with Crippen molar-refractivity contribution in [2.24, 2.45) is 5.10 Å². The summed E-state index contributed by atoms with van der Waals surface area (Å²) in [7, 11) is 2.62. The second kappa shape index (κ2) is 6.30. The van der Waals surface area contributed by atoms with Gasteiger partial charge in [-0.2, -0.15) is 23.3 Å². The highest BCUT2D eigenvalue weighted by atomic mass is 19.4. The van der Waals surface area contributed by atoms with Gasteiger partial charge in [0.25, 0.3) is 5.72 Å². The average Bonchev–Trinajstić information content (AvgIpc) is 3.11. The molecule has 10 heteroatoms. The lowest BCUT2D eigenvalue weighted by atomic mass is 10.0. The van der Waals surface area contributed by atoms with Crippen LogP contribution in [0.4, 0.5) is 13.2 Å². The lowest BCUT2D eigenvalue weighted by molar-refractivity contribution is -0.297. The van der Waals surface area contributed by atoms with Crippen molar-refractivity contribution in [1.82, 2.24) is 5.01 Å². The van der Waals surface area contributed by atoms with E-state index in [0.717, 1.165) is 6.26 Å². The number of alkyl halides is 3. The van der Waals surface area contributed by atoms with Gasteiger partial charge in [-0.3, -0.25) is 4.79 Å². The van der Waals surface area contributed by atoms with Crippen LogP contribution in [0.5, 0.6) is 0 Å². The molecule has 128 valence electrons. The molecule has 0 aromatic carbocycles. The zero-order valence-corrected chi connectivity index (χ0v) is 12.3. The van der Waals surface area contributed by atoms with Gasteiger partial charge in [-0.15, -0.1) is 0 Å². The molecular formula is C13H15F3N2O5. The number of furan rings is 1. The smallest absolute Gasteiger partial charge is 0.438 e. The summed E-state index contributed by atoms with van der Waals surface area (Å²) in [5.74, 6) is -1.57. The number of hydrogen-bond donors (Lipinski definition) is 1. The lowest BCUT2D eigenvalue weighted by Crippen LogP contribution is -2.56. The zero-order chi connectivity index (χ0) is 17.3. The molecule has 2 rings (SSSR count). The summed E-state index contributed by atoms with van der Waals surface area (Å²) in [6, 6.07) is 2.52.